The number of amides is 2. The predicted octanol–water partition coefficient (Wildman–Crippen LogP) is 2.05. The molecule has 3 aliphatic rings. The quantitative estimate of drug-likeness (QED) is 0.655. The summed E-state index contributed by atoms with van der Waals surface area (Å²) in [5.74, 6) is 0.107. The summed E-state index contributed by atoms with van der Waals surface area (Å²) in [6.07, 6.45) is 0.523. The van der Waals surface area contributed by atoms with Crippen LogP contribution in [0.5, 0.6) is 0 Å². The summed E-state index contributed by atoms with van der Waals surface area (Å²) < 4.78 is 6.06. The summed E-state index contributed by atoms with van der Waals surface area (Å²) in [6, 6.07) is 7.05. The van der Waals surface area contributed by atoms with Gasteiger partial charge in [0.1, 0.15) is 11.5 Å². The van der Waals surface area contributed by atoms with Crippen LogP contribution in [0.4, 0.5) is 4.79 Å². The van der Waals surface area contributed by atoms with Gasteiger partial charge in [-0.1, -0.05) is 24.3 Å². The number of nitrogens with zero attached hydrogens (tertiary/aromatic N) is 3. The molecule has 0 spiro atoms. The van der Waals surface area contributed by atoms with Gasteiger partial charge < -0.3 is 19.1 Å². The first-order valence-electron chi connectivity index (χ1n) is 9.60. The number of carbonyl (C=O) groups is 3. The summed E-state index contributed by atoms with van der Waals surface area (Å²) in [5, 5.41) is 0. The average molecular weight is 379 g/mol. The largest absolute Gasteiger partial charge is 0.458 e. The molecule has 1 fully saturated rings. The fraction of sp³-hybridized carbons (Fsp3) is 0.381. The minimum absolute atomic E-state index is 0.0101. The van der Waals surface area contributed by atoms with E-state index in [1.54, 1.807) is 23.1 Å². The molecular formula is C21H21N3O4. The number of hydrogen-bond acceptors (Lipinski definition) is 5. The lowest BCUT2D eigenvalue weighted by atomic mass is 9.85. The Bertz CT molecular complexity index is 1000. The van der Waals surface area contributed by atoms with Crippen LogP contribution in [0, 0.1) is 0 Å². The SMILES string of the molecule is CN1CCN(C(=O)N2CCc3c(oc4c3C(=O)C(=O)c3ccccc3-4)C2)CC1. The lowest BCUT2D eigenvalue weighted by Gasteiger charge is -2.37. The minimum atomic E-state index is -0.502. The lowest BCUT2D eigenvalue weighted by Crippen LogP contribution is -2.52. The first-order valence-corrected chi connectivity index (χ1v) is 9.60. The molecule has 2 aromatic rings. The number of Topliss-reactive ketones (excluding diaryl/α,β-unsaturated/α-hetero) is 2. The van der Waals surface area contributed by atoms with Crippen molar-refractivity contribution < 1.29 is 18.8 Å². The van der Waals surface area contributed by atoms with E-state index in [0.717, 1.165) is 18.7 Å². The van der Waals surface area contributed by atoms with E-state index >= 15 is 0 Å². The van der Waals surface area contributed by atoms with E-state index in [1.807, 2.05) is 11.0 Å². The predicted molar refractivity (Wildman–Crippen MR) is 101 cm³/mol. The van der Waals surface area contributed by atoms with Crippen LogP contribution >= 0.6 is 0 Å². The van der Waals surface area contributed by atoms with E-state index in [2.05, 4.69) is 11.9 Å². The molecule has 2 aliphatic heterocycles. The van der Waals surface area contributed by atoms with Crippen LogP contribution in [0.1, 0.15) is 32.0 Å². The molecule has 28 heavy (non-hydrogen) atoms. The maximum Gasteiger partial charge on any atom is 0.320 e. The van der Waals surface area contributed by atoms with Crippen molar-refractivity contribution in [3.05, 3.63) is 46.7 Å². The molecule has 1 aliphatic carbocycles. The molecule has 1 aromatic carbocycles. The summed E-state index contributed by atoms with van der Waals surface area (Å²) in [4.78, 5) is 44.0. The van der Waals surface area contributed by atoms with Gasteiger partial charge in [0, 0.05) is 49.4 Å². The average Bonchev–Trinajstić information content (AvgIpc) is 3.11. The first-order chi connectivity index (χ1) is 13.5. The number of carbonyl (C=O) groups excluding carboxylic acids is 3. The van der Waals surface area contributed by atoms with E-state index in [-0.39, 0.29) is 6.03 Å². The Labute approximate surface area is 162 Å². The van der Waals surface area contributed by atoms with Crippen LogP contribution in [-0.4, -0.2) is 72.1 Å². The highest BCUT2D eigenvalue weighted by atomic mass is 16.3. The van der Waals surface area contributed by atoms with Gasteiger partial charge in [-0.25, -0.2) is 4.79 Å². The van der Waals surface area contributed by atoms with E-state index in [4.69, 9.17) is 4.42 Å². The third-order valence-corrected chi connectivity index (χ3v) is 5.95. The minimum Gasteiger partial charge on any atom is -0.458 e. The summed E-state index contributed by atoms with van der Waals surface area (Å²) in [7, 11) is 2.05. The Morgan fingerprint density at radius 3 is 2.39 bits per heavy atom. The van der Waals surface area contributed by atoms with E-state index in [9.17, 15) is 14.4 Å². The number of likely N-dealkylation sites (N-methyl/N-ethyl adjacent to an activating group) is 1. The van der Waals surface area contributed by atoms with Gasteiger partial charge in [-0.2, -0.15) is 0 Å². The number of rotatable bonds is 0. The Morgan fingerprint density at radius 2 is 1.64 bits per heavy atom. The highest BCUT2D eigenvalue weighted by molar-refractivity contribution is 6.53. The fourth-order valence-corrected chi connectivity index (χ4v) is 4.31. The smallest absolute Gasteiger partial charge is 0.320 e. The van der Waals surface area contributed by atoms with Crippen LogP contribution < -0.4 is 0 Å². The zero-order valence-corrected chi connectivity index (χ0v) is 15.7. The molecule has 0 saturated carbocycles. The molecule has 7 heteroatoms. The number of urea groups is 1. The van der Waals surface area contributed by atoms with Gasteiger partial charge in [0.05, 0.1) is 12.1 Å². The lowest BCUT2D eigenvalue weighted by molar-refractivity contribution is 0.0814. The van der Waals surface area contributed by atoms with Crippen LogP contribution in [-0.2, 0) is 13.0 Å². The van der Waals surface area contributed by atoms with Gasteiger partial charge in [-0.15, -0.1) is 0 Å². The van der Waals surface area contributed by atoms with Crippen LogP contribution in [0.2, 0.25) is 0 Å². The molecule has 0 atom stereocenters. The van der Waals surface area contributed by atoms with Gasteiger partial charge in [-0.3, -0.25) is 9.59 Å². The second-order valence-electron chi connectivity index (χ2n) is 7.66. The Morgan fingerprint density at radius 1 is 0.929 bits per heavy atom. The third-order valence-electron chi connectivity index (χ3n) is 5.95. The van der Waals surface area contributed by atoms with E-state index in [1.165, 1.54) is 0 Å². The van der Waals surface area contributed by atoms with Gasteiger partial charge in [0.2, 0.25) is 11.6 Å². The standard InChI is InChI=1S/C21H21N3O4/c1-22-8-10-23(11-9-22)21(27)24-7-6-15-16(12-24)28-20-14-5-3-2-4-13(14)18(25)19(26)17(15)20/h2-5H,6-12H2,1H3. The number of benzene rings is 1. The molecular weight excluding hydrogens is 358 g/mol. The first kappa shape index (κ1) is 17.2. The van der Waals surface area contributed by atoms with Gasteiger partial charge in [0.25, 0.3) is 0 Å². The molecule has 7 nitrogen and oxygen atoms in total. The molecule has 0 radical (unpaired) electrons. The van der Waals surface area contributed by atoms with Crippen molar-refractivity contribution in [2.24, 2.45) is 0 Å². The number of hydrogen-bond donors (Lipinski definition) is 0. The second-order valence-corrected chi connectivity index (χ2v) is 7.66. The molecule has 0 bridgehead atoms. The van der Waals surface area contributed by atoms with Crippen LogP contribution in [0.3, 0.4) is 0 Å². The zero-order chi connectivity index (χ0) is 19.4. The van der Waals surface area contributed by atoms with Crippen molar-refractivity contribution >= 4 is 17.6 Å². The maximum absolute atomic E-state index is 12.9. The maximum atomic E-state index is 12.9. The fourth-order valence-electron chi connectivity index (χ4n) is 4.31. The Balaban J connectivity index is 1.46. The third kappa shape index (κ3) is 2.50. The molecule has 5 rings (SSSR count). The highest BCUT2D eigenvalue weighted by Crippen LogP contribution is 2.40. The zero-order valence-electron chi connectivity index (χ0n) is 15.7. The molecule has 2 amide bonds. The monoisotopic (exact) mass is 379 g/mol. The number of furan rings is 1. The van der Waals surface area contributed by atoms with Gasteiger partial charge >= 0.3 is 6.03 Å². The highest BCUT2D eigenvalue weighted by Gasteiger charge is 2.39. The normalized spacial score (nSPS) is 19.3. The Kier molecular flexibility index (Phi) is 3.87. The number of fused-ring (bicyclic) bond motifs is 5. The molecule has 0 unspecified atom stereocenters. The van der Waals surface area contributed by atoms with Crippen molar-refractivity contribution in [2.45, 2.75) is 13.0 Å². The van der Waals surface area contributed by atoms with E-state index in [0.29, 0.717) is 60.8 Å². The van der Waals surface area contributed by atoms with Crippen molar-refractivity contribution in [1.29, 1.82) is 0 Å². The molecule has 144 valence electrons. The van der Waals surface area contributed by atoms with Gasteiger partial charge in [-0.05, 0) is 13.5 Å². The van der Waals surface area contributed by atoms with Crippen molar-refractivity contribution in [3.63, 3.8) is 0 Å². The number of piperazine rings is 1. The molecule has 1 aromatic heterocycles. The summed E-state index contributed by atoms with van der Waals surface area (Å²) in [5.41, 5.74) is 2.22. The van der Waals surface area contributed by atoms with Gasteiger partial charge in [0.15, 0.2) is 0 Å². The molecule has 0 N–H and O–H groups in total. The van der Waals surface area contributed by atoms with E-state index < -0.39 is 11.6 Å². The molecule has 1 saturated heterocycles. The van der Waals surface area contributed by atoms with Crippen molar-refractivity contribution in [1.82, 2.24) is 14.7 Å². The Hall–Kier alpha value is -2.93. The molecule has 3 heterocycles. The van der Waals surface area contributed by atoms with Crippen molar-refractivity contribution in [3.8, 4) is 11.3 Å². The summed E-state index contributed by atoms with van der Waals surface area (Å²) in [6.45, 7) is 4.02. The van der Waals surface area contributed by atoms with Crippen LogP contribution in [0.25, 0.3) is 11.3 Å². The summed E-state index contributed by atoms with van der Waals surface area (Å²) >= 11 is 0. The van der Waals surface area contributed by atoms with Crippen LogP contribution in [0.15, 0.2) is 28.7 Å². The number of ketones is 2. The van der Waals surface area contributed by atoms with Crippen molar-refractivity contribution in [2.75, 3.05) is 39.8 Å². The second kappa shape index (κ2) is 6.31. The topological polar surface area (TPSA) is 74.1 Å².